The predicted molar refractivity (Wildman–Crippen MR) is 94.2 cm³/mol. The Morgan fingerprint density at radius 1 is 0.957 bits per heavy atom. The van der Waals surface area contributed by atoms with E-state index in [-0.39, 0.29) is 18.0 Å². The summed E-state index contributed by atoms with van der Waals surface area (Å²) in [7, 11) is 2.17. The van der Waals surface area contributed by atoms with E-state index < -0.39 is 0 Å². The molecule has 1 heterocycles. The largest absolute Gasteiger partial charge is 0.299 e. The maximum Gasteiger partial charge on any atom is 0.139 e. The first-order valence-corrected chi connectivity index (χ1v) is 8.57. The molecule has 0 spiro atoms. The second-order valence-corrected chi connectivity index (χ2v) is 6.51. The minimum atomic E-state index is 0.104. The van der Waals surface area contributed by atoms with Crippen LogP contribution in [0.4, 0.5) is 0 Å². The van der Waals surface area contributed by atoms with E-state index in [2.05, 4.69) is 67.4 Å². The van der Waals surface area contributed by atoms with Crippen molar-refractivity contribution in [2.24, 2.45) is 5.92 Å². The molecule has 0 amide bonds. The third kappa shape index (κ3) is 3.23. The van der Waals surface area contributed by atoms with Crippen LogP contribution in [0.25, 0.3) is 0 Å². The number of carbonyl (C=O) groups excluding carboxylic acids is 1. The van der Waals surface area contributed by atoms with Crippen molar-refractivity contribution in [3.63, 3.8) is 0 Å². The zero-order valence-electron chi connectivity index (χ0n) is 14.0. The van der Waals surface area contributed by atoms with Gasteiger partial charge in [-0.15, -0.1) is 0 Å². The van der Waals surface area contributed by atoms with Gasteiger partial charge in [-0.3, -0.25) is 9.69 Å². The standard InChI is InChI=1S/C21H25NO/c1-3-10-18-20(23)15-19(16-11-6-4-7-12-16)22(2)21(18)17-13-8-5-9-14-17/h4-9,11-14,18-19,21H,3,10,15H2,1-2H3/t18-,19-,21-/m0/s1. The van der Waals surface area contributed by atoms with Gasteiger partial charge < -0.3 is 0 Å². The molecule has 2 nitrogen and oxygen atoms in total. The fraction of sp³-hybridized carbons (Fsp3) is 0.381. The highest BCUT2D eigenvalue weighted by molar-refractivity contribution is 5.83. The third-order valence-corrected chi connectivity index (χ3v) is 5.04. The molecule has 120 valence electrons. The van der Waals surface area contributed by atoms with Crippen molar-refractivity contribution in [1.82, 2.24) is 4.90 Å². The zero-order valence-corrected chi connectivity index (χ0v) is 14.0. The lowest BCUT2D eigenvalue weighted by atomic mass is 9.77. The van der Waals surface area contributed by atoms with Gasteiger partial charge in [0.25, 0.3) is 0 Å². The van der Waals surface area contributed by atoms with Crippen molar-refractivity contribution >= 4 is 5.78 Å². The van der Waals surface area contributed by atoms with Gasteiger partial charge in [-0.2, -0.15) is 0 Å². The molecule has 2 heteroatoms. The Bertz CT molecular complexity index is 637. The molecule has 0 aliphatic carbocycles. The van der Waals surface area contributed by atoms with E-state index in [1.165, 1.54) is 11.1 Å². The number of Topliss-reactive ketones (excluding diaryl/α,β-unsaturated/α-hetero) is 1. The summed E-state index contributed by atoms with van der Waals surface area (Å²) in [6.45, 7) is 2.17. The van der Waals surface area contributed by atoms with Crippen LogP contribution in [0.3, 0.4) is 0 Å². The average Bonchev–Trinajstić information content (AvgIpc) is 2.60. The molecule has 3 rings (SSSR count). The number of benzene rings is 2. The maximum atomic E-state index is 12.9. The highest BCUT2D eigenvalue weighted by atomic mass is 16.1. The number of likely N-dealkylation sites (tertiary alicyclic amines) is 1. The van der Waals surface area contributed by atoms with Crippen molar-refractivity contribution < 1.29 is 4.79 Å². The molecule has 0 bridgehead atoms. The number of piperidine rings is 1. The molecule has 0 unspecified atom stereocenters. The molecule has 1 aliphatic heterocycles. The molecule has 0 aromatic heterocycles. The summed E-state index contributed by atoms with van der Waals surface area (Å²) in [6, 6.07) is 21.3. The van der Waals surface area contributed by atoms with Gasteiger partial charge in [-0.1, -0.05) is 74.0 Å². The molecule has 0 radical (unpaired) electrons. The molecular weight excluding hydrogens is 282 g/mol. The second-order valence-electron chi connectivity index (χ2n) is 6.51. The van der Waals surface area contributed by atoms with E-state index in [4.69, 9.17) is 0 Å². The summed E-state index contributed by atoms with van der Waals surface area (Å²) >= 11 is 0. The lowest BCUT2D eigenvalue weighted by molar-refractivity contribution is -0.132. The molecule has 3 atom stereocenters. The smallest absolute Gasteiger partial charge is 0.139 e. The summed E-state index contributed by atoms with van der Waals surface area (Å²) in [5.74, 6) is 0.514. The number of ketones is 1. The second kappa shape index (κ2) is 7.10. The first kappa shape index (κ1) is 15.9. The number of nitrogens with zero attached hydrogens (tertiary/aromatic N) is 1. The minimum Gasteiger partial charge on any atom is -0.299 e. The highest BCUT2D eigenvalue weighted by Gasteiger charge is 2.41. The van der Waals surface area contributed by atoms with E-state index in [0.29, 0.717) is 12.2 Å². The normalized spacial score (nSPS) is 25.5. The molecule has 0 N–H and O–H groups in total. The number of hydrogen-bond donors (Lipinski definition) is 0. The van der Waals surface area contributed by atoms with Crippen LogP contribution in [-0.2, 0) is 4.79 Å². The Labute approximate surface area is 139 Å². The topological polar surface area (TPSA) is 20.3 Å². The van der Waals surface area contributed by atoms with E-state index in [1.54, 1.807) is 0 Å². The van der Waals surface area contributed by atoms with Gasteiger partial charge in [0.05, 0.1) is 0 Å². The van der Waals surface area contributed by atoms with E-state index >= 15 is 0 Å². The summed E-state index contributed by atoms with van der Waals surface area (Å²) < 4.78 is 0. The minimum absolute atomic E-state index is 0.104. The van der Waals surface area contributed by atoms with Crippen LogP contribution < -0.4 is 0 Å². The van der Waals surface area contributed by atoms with Gasteiger partial charge in [-0.25, -0.2) is 0 Å². The summed E-state index contributed by atoms with van der Waals surface area (Å²) in [6.07, 6.45) is 2.63. The van der Waals surface area contributed by atoms with Crippen LogP contribution in [0.2, 0.25) is 0 Å². The maximum absolute atomic E-state index is 12.9. The number of carbonyl (C=O) groups is 1. The number of rotatable bonds is 4. The fourth-order valence-corrected chi connectivity index (χ4v) is 3.92. The first-order valence-electron chi connectivity index (χ1n) is 8.57. The molecule has 23 heavy (non-hydrogen) atoms. The van der Waals surface area contributed by atoms with Gasteiger partial charge in [0, 0.05) is 24.4 Å². The molecule has 1 aliphatic rings. The monoisotopic (exact) mass is 307 g/mol. The Kier molecular flexibility index (Phi) is 4.92. The van der Waals surface area contributed by atoms with Crippen LogP contribution in [0, 0.1) is 5.92 Å². The van der Waals surface area contributed by atoms with Crippen molar-refractivity contribution in [3.8, 4) is 0 Å². The summed E-state index contributed by atoms with van der Waals surface area (Å²) in [5, 5.41) is 0. The number of hydrogen-bond acceptors (Lipinski definition) is 2. The predicted octanol–water partition coefficient (Wildman–Crippen LogP) is 4.79. The Hall–Kier alpha value is -1.93. The SMILES string of the molecule is CCC[C@H]1C(=O)C[C@@H](c2ccccc2)N(C)[C@H]1c1ccccc1. The lowest BCUT2D eigenvalue weighted by Crippen LogP contribution is -2.43. The van der Waals surface area contributed by atoms with Crippen LogP contribution in [0.5, 0.6) is 0 Å². The molecule has 2 aromatic rings. The van der Waals surface area contributed by atoms with E-state index in [9.17, 15) is 4.79 Å². The van der Waals surface area contributed by atoms with Crippen LogP contribution in [0.15, 0.2) is 60.7 Å². The van der Waals surface area contributed by atoms with Gasteiger partial charge in [0.2, 0.25) is 0 Å². The Morgan fingerprint density at radius 2 is 1.52 bits per heavy atom. The van der Waals surface area contributed by atoms with E-state index in [1.807, 2.05) is 12.1 Å². The summed E-state index contributed by atoms with van der Waals surface area (Å²) in [4.78, 5) is 15.3. The molecule has 1 saturated heterocycles. The molecular formula is C21H25NO. The first-order chi connectivity index (χ1) is 11.2. The van der Waals surface area contributed by atoms with Crippen LogP contribution in [0.1, 0.15) is 49.4 Å². The van der Waals surface area contributed by atoms with E-state index in [0.717, 1.165) is 12.8 Å². The van der Waals surface area contributed by atoms with Crippen molar-refractivity contribution in [2.45, 2.75) is 38.3 Å². The fourth-order valence-electron chi connectivity index (χ4n) is 3.92. The quantitative estimate of drug-likeness (QED) is 0.809. The molecule has 1 fully saturated rings. The van der Waals surface area contributed by atoms with Crippen molar-refractivity contribution in [2.75, 3.05) is 7.05 Å². The highest BCUT2D eigenvalue weighted by Crippen LogP contribution is 2.43. The zero-order chi connectivity index (χ0) is 16.2. The Balaban J connectivity index is 1.98. The van der Waals surface area contributed by atoms with Crippen molar-refractivity contribution in [3.05, 3.63) is 71.8 Å². The van der Waals surface area contributed by atoms with Crippen LogP contribution >= 0.6 is 0 Å². The van der Waals surface area contributed by atoms with Gasteiger partial charge in [0.15, 0.2) is 0 Å². The van der Waals surface area contributed by atoms with Gasteiger partial charge in [-0.05, 0) is 24.6 Å². The summed E-state index contributed by atoms with van der Waals surface area (Å²) in [5.41, 5.74) is 2.49. The van der Waals surface area contributed by atoms with Gasteiger partial charge in [0.1, 0.15) is 5.78 Å². The van der Waals surface area contributed by atoms with Crippen LogP contribution in [-0.4, -0.2) is 17.7 Å². The van der Waals surface area contributed by atoms with Gasteiger partial charge >= 0.3 is 0 Å². The lowest BCUT2D eigenvalue weighted by Gasteiger charge is -2.44. The Morgan fingerprint density at radius 3 is 2.09 bits per heavy atom. The third-order valence-electron chi connectivity index (χ3n) is 5.04. The van der Waals surface area contributed by atoms with Crippen molar-refractivity contribution in [1.29, 1.82) is 0 Å². The average molecular weight is 307 g/mol. The molecule has 2 aromatic carbocycles. The molecule has 0 saturated carbocycles.